The van der Waals surface area contributed by atoms with Crippen LogP contribution in [-0.2, 0) is 0 Å². The molecule has 0 N–H and O–H groups in total. The van der Waals surface area contributed by atoms with E-state index < -0.39 is 5.82 Å². The van der Waals surface area contributed by atoms with Gasteiger partial charge >= 0.3 is 0 Å². The van der Waals surface area contributed by atoms with E-state index in [1.807, 2.05) is 17.0 Å². The van der Waals surface area contributed by atoms with Crippen molar-refractivity contribution < 1.29 is 8.78 Å². The first-order chi connectivity index (χ1) is 10.2. The van der Waals surface area contributed by atoms with Crippen LogP contribution >= 0.6 is 0 Å². The summed E-state index contributed by atoms with van der Waals surface area (Å²) in [6.45, 7) is 0.773. The zero-order chi connectivity index (χ0) is 14.8. The highest BCUT2D eigenvalue weighted by Crippen LogP contribution is 2.37. The van der Waals surface area contributed by atoms with Gasteiger partial charge in [0, 0.05) is 17.8 Å². The van der Waals surface area contributed by atoms with Gasteiger partial charge in [0.1, 0.15) is 11.6 Å². The van der Waals surface area contributed by atoms with Gasteiger partial charge in [-0.2, -0.15) is 5.26 Å². The van der Waals surface area contributed by atoms with Gasteiger partial charge in [0.25, 0.3) is 0 Å². The van der Waals surface area contributed by atoms with Crippen molar-refractivity contribution in [2.75, 3.05) is 11.4 Å². The molecule has 1 heterocycles. The maximum Gasteiger partial charge on any atom is 0.128 e. The molecule has 2 nitrogen and oxygen atoms in total. The molecule has 1 atom stereocenters. The summed E-state index contributed by atoms with van der Waals surface area (Å²) in [6.07, 6.45) is 1.69. The summed E-state index contributed by atoms with van der Waals surface area (Å²) >= 11 is 0. The molecule has 1 saturated heterocycles. The lowest BCUT2D eigenvalue weighted by Crippen LogP contribution is -2.23. The summed E-state index contributed by atoms with van der Waals surface area (Å²) in [5, 5.41) is 8.99. The van der Waals surface area contributed by atoms with Crippen LogP contribution in [0.2, 0.25) is 0 Å². The predicted octanol–water partition coefficient (Wildman–Crippen LogP) is 4.18. The smallest absolute Gasteiger partial charge is 0.128 e. The SMILES string of the molecule is N#Cc1cccc(N2CCC[C@@H]2c2cc(F)ccc2F)c1. The molecule has 4 heteroatoms. The molecule has 1 fully saturated rings. The van der Waals surface area contributed by atoms with Gasteiger partial charge in [0.15, 0.2) is 0 Å². The second-order valence-corrected chi connectivity index (χ2v) is 5.18. The number of hydrogen-bond acceptors (Lipinski definition) is 2. The average Bonchev–Trinajstić information content (AvgIpc) is 2.99. The lowest BCUT2D eigenvalue weighted by molar-refractivity contribution is 0.561. The van der Waals surface area contributed by atoms with Crippen molar-refractivity contribution in [3.8, 4) is 6.07 Å². The monoisotopic (exact) mass is 284 g/mol. The fourth-order valence-corrected chi connectivity index (χ4v) is 2.92. The van der Waals surface area contributed by atoms with Crippen LogP contribution in [0.15, 0.2) is 42.5 Å². The van der Waals surface area contributed by atoms with Crippen LogP contribution in [0.25, 0.3) is 0 Å². The molecule has 1 aliphatic heterocycles. The third kappa shape index (κ3) is 2.59. The van der Waals surface area contributed by atoms with Gasteiger partial charge in [-0.1, -0.05) is 6.07 Å². The van der Waals surface area contributed by atoms with Crippen LogP contribution in [0.3, 0.4) is 0 Å². The van der Waals surface area contributed by atoms with Crippen LogP contribution in [0.4, 0.5) is 14.5 Å². The Balaban J connectivity index is 1.99. The Morgan fingerprint density at radius 2 is 2.00 bits per heavy atom. The number of nitriles is 1. The third-order valence-electron chi connectivity index (χ3n) is 3.88. The van der Waals surface area contributed by atoms with E-state index in [1.54, 1.807) is 12.1 Å². The van der Waals surface area contributed by atoms with Crippen molar-refractivity contribution in [3.63, 3.8) is 0 Å². The van der Waals surface area contributed by atoms with Crippen LogP contribution in [0.1, 0.15) is 30.0 Å². The molecule has 106 valence electrons. The molecule has 0 bridgehead atoms. The van der Waals surface area contributed by atoms with Gasteiger partial charge in [0.2, 0.25) is 0 Å². The van der Waals surface area contributed by atoms with Gasteiger partial charge in [0.05, 0.1) is 17.7 Å². The molecule has 2 aromatic carbocycles. The fraction of sp³-hybridized carbons (Fsp3) is 0.235. The summed E-state index contributed by atoms with van der Waals surface area (Å²) in [7, 11) is 0. The van der Waals surface area contributed by atoms with E-state index in [-0.39, 0.29) is 11.9 Å². The number of nitrogens with zero attached hydrogens (tertiary/aromatic N) is 2. The van der Waals surface area contributed by atoms with Gasteiger partial charge in [-0.25, -0.2) is 8.78 Å². The molecule has 0 aromatic heterocycles. The highest BCUT2D eigenvalue weighted by atomic mass is 19.1. The highest BCUT2D eigenvalue weighted by Gasteiger charge is 2.28. The van der Waals surface area contributed by atoms with Crippen molar-refractivity contribution in [2.45, 2.75) is 18.9 Å². The molecule has 21 heavy (non-hydrogen) atoms. The number of rotatable bonds is 2. The van der Waals surface area contributed by atoms with E-state index in [0.29, 0.717) is 11.1 Å². The second-order valence-electron chi connectivity index (χ2n) is 5.18. The minimum atomic E-state index is -0.427. The minimum Gasteiger partial charge on any atom is -0.364 e. The Kier molecular flexibility index (Phi) is 3.57. The van der Waals surface area contributed by atoms with E-state index in [0.717, 1.165) is 31.1 Å². The zero-order valence-corrected chi connectivity index (χ0v) is 11.4. The highest BCUT2D eigenvalue weighted by molar-refractivity contribution is 5.54. The summed E-state index contributed by atoms with van der Waals surface area (Å²) in [5.74, 6) is -0.811. The Morgan fingerprint density at radius 1 is 1.14 bits per heavy atom. The number of halogens is 2. The quantitative estimate of drug-likeness (QED) is 0.827. The lowest BCUT2D eigenvalue weighted by Gasteiger charge is -2.27. The molecule has 1 aliphatic rings. The first-order valence-electron chi connectivity index (χ1n) is 6.91. The van der Waals surface area contributed by atoms with E-state index in [4.69, 9.17) is 5.26 Å². The number of hydrogen-bond donors (Lipinski definition) is 0. The van der Waals surface area contributed by atoms with Gasteiger partial charge in [-0.15, -0.1) is 0 Å². The maximum absolute atomic E-state index is 14.0. The predicted molar refractivity (Wildman–Crippen MR) is 76.8 cm³/mol. The first-order valence-corrected chi connectivity index (χ1v) is 6.91. The number of benzene rings is 2. The maximum atomic E-state index is 14.0. The Hall–Kier alpha value is -2.41. The van der Waals surface area contributed by atoms with Crippen molar-refractivity contribution in [1.29, 1.82) is 5.26 Å². The summed E-state index contributed by atoms with van der Waals surface area (Å²) in [4.78, 5) is 2.04. The third-order valence-corrected chi connectivity index (χ3v) is 3.88. The Labute approximate surface area is 122 Å². The van der Waals surface area contributed by atoms with Crippen molar-refractivity contribution in [3.05, 3.63) is 65.2 Å². The lowest BCUT2D eigenvalue weighted by atomic mass is 10.0. The molecule has 2 aromatic rings. The van der Waals surface area contributed by atoms with Gasteiger partial charge in [-0.3, -0.25) is 0 Å². The normalized spacial score (nSPS) is 17.8. The van der Waals surface area contributed by atoms with Crippen LogP contribution < -0.4 is 4.90 Å². The zero-order valence-electron chi connectivity index (χ0n) is 11.4. The molecule has 0 aliphatic carbocycles. The molecule has 0 saturated carbocycles. The van der Waals surface area contributed by atoms with Crippen molar-refractivity contribution >= 4 is 5.69 Å². The van der Waals surface area contributed by atoms with Gasteiger partial charge < -0.3 is 4.90 Å². The first kappa shape index (κ1) is 13.6. The van der Waals surface area contributed by atoms with Crippen LogP contribution in [-0.4, -0.2) is 6.54 Å². The largest absolute Gasteiger partial charge is 0.364 e. The Morgan fingerprint density at radius 3 is 2.81 bits per heavy atom. The van der Waals surface area contributed by atoms with E-state index in [9.17, 15) is 8.78 Å². The molecule has 0 spiro atoms. The van der Waals surface area contributed by atoms with Crippen LogP contribution in [0, 0.1) is 23.0 Å². The number of anilines is 1. The van der Waals surface area contributed by atoms with E-state index in [1.165, 1.54) is 12.1 Å². The van der Waals surface area contributed by atoms with Crippen LogP contribution in [0.5, 0.6) is 0 Å². The fourth-order valence-electron chi connectivity index (χ4n) is 2.92. The van der Waals surface area contributed by atoms with Crippen molar-refractivity contribution in [2.24, 2.45) is 0 Å². The average molecular weight is 284 g/mol. The second kappa shape index (κ2) is 5.53. The van der Waals surface area contributed by atoms with Gasteiger partial charge in [-0.05, 0) is 49.2 Å². The molecular formula is C17H14F2N2. The summed E-state index contributed by atoms with van der Waals surface area (Å²) in [5.41, 5.74) is 1.83. The molecule has 0 radical (unpaired) electrons. The van der Waals surface area contributed by atoms with E-state index >= 15 is 0 Å². The molecule has 0 amide bonds. The molecule has 3 rings (SSSR count). The minimum absolute atomic E-state index is 0.186. The Bertz CT molecular complexity index is 706. The molecular weight excluding hydrogens is 270 g/mol. The summed E-state index contributed by atoms with van der Waals surface area (Å²) < 4.78 is 27.4. The van der Waals surface area contributed by atoms with Crippen molar-refractivity contribution in [1.82, 2.24) is 0 Å². The summed E-state index contributed by atoms with van der Waals surface area (Å²) in [6, 6.07) is 12.7. The standard InChI is InChI=1S/C17H14F2N2/c18-13-6-7-16(19)15(10-13)17-5-2-8-21(17)14-4-1-3-12(9-14)11-20/h1,3-4,6-7,9-10,17H,2,5,8H2/t17-/m1/s1. The van der Waals surface area contributed by atoms with E-state index in [2.05, 4.69) is 6.07 Å². The topological polar surface area (TPSA) is 27.0 Å². The molecule has 0 unspecified atom stereocenters.